The summed E-state index contributed by atoms with van der Waals surface area (Å²) in [5.74, 6) is 0.566. The fourth-order valence-corrected chi connectivity index (χ4v) is 0.843. The lowest BCUT2D eigenvalue weighted by Gasteiger charge is -1.97. The van der Waals surface area contributed by atoms with Crippen molar-refractivity contribution in [3.63, 3.8) is 0 Å². The van der Waals surface area contributed by atoms with Gasteiger partial charge in [-0.1, -0.05) is 26.5 Å². The first-order valence-corrected chi connectivity index (χ1v) is 3.92. The highest BCUT2D eigenvalue weighted by Crippen LogP contribution is 2.02. The molecule has 0 aromatic heterocycles. The second-order valence-electron chi connectivity index (χ2n) is 3.01. The molecule has 0 aromatic carbocycles. The van der Waals surface area contributed by atoms with Crippen LogP contribution in [0.4, 0.5) is 0 Å². The van der Waals surface area contributed by atoms with Crippen LogP contribution in [0.1, 0.15) is 27.7 Å². The van der Waals surface area contributed by atoms with E-state index in [1.807, 2.05) is 13.8 Å². The smallest absolute Gasteiger partial charge is 0.0369 e. The molecule has 1 nitrogen and oxygen atoms in total. The maximum Gasteiger partial charge on any atom is 0.0369 e. The van der Waals surface area contributed by atoms with Crippen molar-refractivity contribution in [2.24, 2.45) is 10.9 Å². The third-order valence-corrected chi connectivity index (χ3v) is 1.22. The Bertz CT molecular complexity index is 185. The second-order valence-corrected chi connectivity index (χ2v) is 3.01. The third kappa shape index (κ3) is 5.59. The van der Waals surface area contributed by atoms with Crippen LogP contribution >= 0.6 is 0 Å². The highest BCUT2D eigenvalue weighted by Gasteiger charge is 1.89. The molecule has 0 N–H and O–H groups in total. The molecular formula is C10H17N. The molecular weight excluding hydrogens is 134 g/mol. The summed E-state index contributed by atoms with van der Waals surface area (Å²) < 4.78 is 0. The van der Waals surface area contributed by atoms with Crippen molar-refractivity contribution in [1.29, 1.82) is 0 Å². The van der Waals surface area contributed by atoms with E-state index in [0.717, 1.165) is 11.4 Å². The molecule has 0 heterocycles. The fraction of sp³-hybridized carbons (Fsp3) is 0.500. The maximum atomic E-state index is 4.30. The Morgan fingerprint density at radius 1 is 1.36 bits per heavy atom. The monoisotopic (exact) mass is 151 g/mol. The molecule has 0 rings (SSSR count). The summed E-state index contributed by atoms with van der Waals surface area (Å²) in [6, 6.07) is 0. The Balaban J connectivity index is 4.26. The molecule has 0 saturated carbocycles. The number of hydrogen-bond donors (Lipinski definition) is 0. The zero-order valence-corrected chi connectivity index (χ0v) is 7.89. The Kier molecular flexibility index (Phi) is 4.51. The van der Waals surface area contributed by atoms with Crippen LogP contribution in [-0.4, -0.2) is 5.71 Å². The quantitative estimate of drug-likeness (QED) is 0.549. The van der Waals surface area contributed by atoms with Crippen LogP contribution in [0, 0.1) is 5.92 Å². The largest absolute Gasteiger partial charge is 0.259 e. The van der Waals surface area contributed by atoms with Gasteiger partial charge in [0, 0.05) is 11.4 Å². The van der Waals surface area contributed by atoms with Gasteiger partial charge in [-0.3, -0.25) is 4.99 Å². The number of hydrogen-bond acceptors (Lipinski definition) is 1. The van der Waals surface area contributed by atoms with Gasteiger partial charge in [0.1, 0.15) is 0 Å². The lowest BCUT2D eigenvalue weighted by molar-refractivity contribution is 0.819. The first-order chi connectivity index (χ1) is 5.06. The van der Waals surface area contributed by atoms with Gasteiger partial charge in [0.15, 0.2) is 0 Å². The molecule has 0 aliphatic heterocycles. The van der Waals surface area contributed by atoms with Crippen molar-refractivity contribution >= 4 is 5.71 Å². The Hall–Kier alpha value is -0.850. The SMILES string of the molecule is C=C/C(C)=N\C(C)=C/C(C)C. The van der Waals surface area contributed by atoms with Crippen molar-refractivity contribution in [3.8, 4) is 0 Å². The van der Waals surface area contributed by atoms with Crippen molar-refractivity contribution in [2.75, 3.05) is 0 Å². The zero-order chi connectivity index (χ0) is 8.85. The van der Waals surface area contributed by atoms with Crippen molar-refractivity contribution in [2.45, 2.75) is 27.7 Å². The number of nitrogens with zero attached hydrogens (tertiary/aromatic N) is 1. The van der Waals surface area contributed by atoms with E-state index < -0.39 is 0 Å². The summed E-state index contributed by atoms with van der Waals surface area (Å²) in [7, 11) is 0. The molecule has 0 radical (unpaired) electrons. The average molecular weight is 151 g/mol. The molecule has 0 amide bonds. The molecule has 0 aliphatic rings. The predicted octanol–water partition coefficient (Wildman–Crippen LogP) is 3.19. The van der Waals surface area contributed by atoms with Crippen LogP contribution in [0.2, 0.25) is 0 Å². The molecule has 0 atom stereocenters. The van der Waals surface area contributed by atoms with Gasteiger partial charge in [-0.05, 0) is 25.8 Å². The van der Waals surface area contributed by atoms with E-state index in [4.69, 9.17) is 0 Å². The Labute approximate surface area is 69.5 Å². The van der Waals surface area contributed by atoms with E-state index in [9.17, 15) is 0 Å². The van der Waals surface area contributed by atoms with Gasteiger partial charge in [-0.15, -0.1) is 0 Å². The Morgan fingerprint density at radius 3 is 2.27 bits per heavy atom. The van der Waals surface area contributed by atoms with Gasteiger partial charge in [-0.2, -0.15) is 0 Å². The lowest BCUT2D eigenvalue weighted by atomic mass is 10.2. The van der Waals surface area contributed by atoms with Gasteiger partial charge < -0.3 is 0 Å². The second kappa shape index (κ2) is 4.89. The van der Waals surface area contributed by atoms with E-state index >= 15 is 0 Å². The summed E-state index contributed by atoms with van der Waals surface area (Å²) in [6.07, 6.45) is 3.89. The average Bonchev–Trinajstić information content (AvgIpc) is 1.85. The molecule has 0 unspecified atom stereocenters. The van der Waals surface area contributed by atoms with Crippen LogP contribution in [0.5, 0.6) is 0 Å². The van der Waals surface area contributed by atoms with E-state index in [2.05, 4.69) is 31.5 Å². The summed E-state index contributed by atoms with van der Waals surface area (Å²) in [6.45, 7) is 11.9. The summed E-state index contributed by atoms with van der Waals surface area (Å²) in [5, 5.41) is 0. The molecule has 0 aromatic rings. The molecule has 0 saturated heterocycles. The Morgan fingerprint density at radius 2 is 1.91 bits per heavy atom. The van der Waals surface area contributed by atoms with Gasteiger partial charge in [0.05, 0.1) is 0 Å². The number of aliphatic imine (C=N–C) groups is 1. The predicted molar refractivity (Wildman–Crippen MR) is 51.9 cm³/mol. The first kappa shape index (κ1) is 10.2. The van der Waals surface area contributed by atoms with Crippen molar-refractivity contribution < 1.29 is 0 Å². The molecule has 0 aliphatic carbocycles. The van der Waals surface area contributed by atoms with Gasteiger partial charge >= 0.3 is 0 Å². The van der Waals surface area contributed by atoms with Crippen LogP contribution in [0.15, 0.2) is 29.4 Å². The third-order valence-electron chi connectivity index (χ3n) is 1.22. The highest BCUT2D eigenvalue weighted by atomic mass is 14.7. The number of rotatable bonds is 3. The summed E-state index contributed by atoms with van der Waals surface area (Å²) >= 11 is 0. The van der Waals surface area contributed by atoms with E-state index in [-0.39, 0.29) is 0 Å². The minimum Gasteiger partial charge on any atom is -0.259 e. The van der Waals surface area contributed by atoms with Crippen LogP contribution in [0.3, 0.4) is 0 Å². The van der Waals surface area contributed by atoms with Crippen LogP contribution < -0.4 is 0 Å². The van der Waals surface area contributed by atoms with Gasteiger partial charge in [-0.25, -0.2) is 0 Å². The molecule has 1 heteroatoms. The molecule has 0 fully saturated rings. The fourth-order valence-electron chi connectivity index (χ4n) is 0.843. The molecule has 0 spiro atoms. The van der Waals surface area contributed by atoms with Crippen LogP contribution in [-0.2, 0) is 0 Å². The summed E-state index contributed by atoms with van der Waals surface area (Å²) in [5.41, 5.74) is 2.04. The molecule has 11 heavy (non-hydrogen) atoms. The van der Waals surface area contributed by atoms with Crippen molar-refractivity contribution in [1.82, 2.24) is 0 Å². The first-order valence-electron chi connectivity index (χ1n) is 3.92. The van der Waals surface area contributed by atoms with E-state index in [1.165, 1.54) is 0 Å². The topological polar surface area (TPSA) is 12.4 Å². The maximum absolute atomic E-state index is 4.30. The molecule has 0 bridgehead atoms. The van der Waals surface area contributed by atoms with E-state index in [1.54, 1.807) is 6.08 Å². The number of allylic oxidation sites excluding steroid dienone is 3. The van der Waals surface area contributed by atoms with Gasteiger partial charge in [0.25, 0.3) is 0 Å². The minimum atomic E-state index is 0.566. The normalized spacial score (nSPS) is 13.9. The highest BCUT2D eigenvalue weighted by molar-refractivity contribution is 5.92. The standard InChI is InChI=1S/C10H17N/c1-6-9(4)11-10(5)7-8(2)3/h6-8H,1H2,2-5H3/b10-7-,11-9-. The molecule has 62 valence electrons. The lowest BCUT2D eigenvalue weighted by Crippen LogP contribution is -1.86. The van der Waals surface area contributed by atoms with Crippen molar-refractivity contribution in [3.05, 3.63) is 24.4 Å². The summed E-state index contributed by atoms with van der Waals surface area (Å²) in [4.78, 5) is 4.30. The van der Waals surface area contributed by atoms with Gasteiger partial charge in [0.2, 0.25) is 0 Å². The minimum absolute atomic E-state index is 0.566. The van der Waals surface area contributed by atoms with Crippen LogP contribution in [0.25, 0.3) is 0 Å². The van der Waals surface area contributed by atoms with E-state index in [0.29, 0.717) is 5.92 Å². The zero-order valence-electron chi connectivity index (χ0n) is 7.89.